The fourth-order valence-electron chi connectivity index (χ4n) is 1.94. The van der Waals surface area contributed by atoms with Crippen molar-refractivity contribution >= 4 is 25.2 Å². The van der Waals surface area contributed by atoms with Crippen LogP contribution in [0.1, 0.15) is 31.1 Å². The summed E-state index contributed by atoms with van der Waals surface area (Å²) in [6.07, 6.45) is 0. The second-order valence-electron chi connectivity index (χ2n) is 4.42. The normalized spacial score (nSPS) is 13.7. The fourth-order valence-corrected chi connectivity index (χ4v) is 1.94. The summed E-state index contributed by atoms with van der Waals surface area (Å²) in [6.45, 7) is 0. The van der Waals surface area contributed by atoms with Crippen molar-refractivity contribution in [2.45, 2.75) is 0 Å². The molecule has 6 nitrogen and oxygen atoms in total. The molecule has 0 aliphatic carbocycles. The molecule has 3 rings (SSSR count). The number of hydrogen-bond acceptors (Lipinski definition) is 6. The molecule has 109 valence electrons. The molecule has 0 bridgehead atoms. The summed E-state index contributed by atoms with van der Waals surface area (Å²) in [5.74, 6) is -2.36. The molecule has 23 heavy (non-hydrogen) atoms. The van der Waals surface area contributed by atoms with E-state index in [9.17, 15) is 14.4 Å². The zero-order valence-corrected chi connectivity index (χ0v) is 15.3. The van der Waals surface area contributed by atoms with Crippen molar-refractivity contribution < 1.29 is 79.7 Å². The van der Waals surface area contributed by atoms with E-state index in [1.54, 1.807) is 30.3 Å². The molecule has 1 aliphatic rings. The Morgan fingerprint density at radius 3 is 1.83 bits per heavy atom. The molecule has 1 aliphatic heterocycles. The van der Waals surface area contributed by atoms with E-state index in [-0.39, 0.29) is 68.1 Å². The number of benzene rings is 2. The first-order chi connectivity index (χ1) is 10.6. The quantitative estimate of drug-likeness (QED) is 0.646. The molecule has 0 N–H and O–H groups in total. The smallest absolute Gasteiger partial charge is 0.638 e. The summed E-state index contributed by atoms with van der Waals surface area (Å²) in [4.78, 5) is 35.8. The van der Waals surface area contributed by atoms with Gasteiger partial charge in [0, 0.05) is 0 Å². The van der Waals surface area contributed by atoms with E-state index in [1.165, 1.54) is 24.3 Å². The minimum Gasteiger partial charge on any atom is -0.638 e. The van der Waals surface area contributed by atoms with Crippen LogP contribution < -0.4 is 51.4 Å². The summed E-state index contributed by atoms with van der Waals surface area (Å²) in [5, 5.41) is 0. The van der Waals surface area contributed by atoms with Gasteiger partial charge in [-0.05, 0) is 24.3 Å². The van der Waals surface area contributed by atoms with Gasteiger partial charge in [0.1, 0.15) is 0 Å². The van der Waals surface area contributed by atoms with Gasteiger partial charge in [-0.3, -0.25) is 14.4 Å². The maximum atomic E-state index is 11.9. The molecule has 1 heterocycles. The topological polar surface area (TPSA) is 78.9 Å². The van der Waals surface area contributed by atoms with Crippen LogP contribution in [0.3, 0.4) is 0 Å². The van der Waals surface area contributed by atoms with Crippen molar-refractivity contribution in [1.82, 2.24) is 0 Å². The van der Waals surface area contributed by atoms with Crippen LogP contribution in [0.2, 0.25) is 0 Å². The first kappa shape index (κ1) is 17.9. The summed E-state index contributed by atoms with van der Waals surface area (Å²) in [6, 6.07) is 14.1. The standard InChI is InChI=1S/C15H9BO6.K/c17-13(10-6-2-1-3-7-10)20-16-21-14(18)11-8-4-5-9-12(11)15(19)22-16;/h1-9H;/q-1;+1. The van der Waals surface area contributed by atoms with E-state index in [4.69, 9.17) is 14.0 Å². The number of hydrogen-bond donors (Lipinski definition) is 0. The maximum Gasteiger partial charge on any atom is 1.00 e. The Kier molecular flexibility index (Phi) is 6.14. The predicted molar refractivity (Wildman–Crippen MR) is 74.9 cm³/mol. The van der Waals surface area contributed by atoms with Gasteiger partial charge in [-0.1, -0.05) is 30.3 Å². The van der Waals surface area contributed by atoms with E-state index in [1.807, 2.05) is 0 Å². The molecular formula is C15H9BKO6. The number of rotatable bonds is 2. The van der Waals surface area contributed by atoms with Crippen molar-refractivity contribution in [1.29, 1.82) is 0 Å². The molecule has 0 amide bonds. The van der Waals surface area contributed by atoms with Gasteiger partial charge in [-0.15, -0.1) is 0 Å². The maximum absolute atomic E-state index is 11.9. The van der Waals surface area contributed by atoms with E-state index >= 15 is 0 Å². The van der Waals surface area contributed by atoms with Crippen LogP contribution in [-0.2, 0) is 14.0 Å². The summed E-state index contributed by atoms with van der Waals surface area (Å²) in [7, 11) is -1.72. The molecule has 0 saturated heterocycles. The van der Waals surface area contributed by atoms with Crippen LogP contribution in [0.25, 0.3) is 0 Å². The van der Waals surface area contributed by atoms with Gasteiger partial charge in [-0.2, -0.15) is 0 Å². The zero-order valence-electron chi connectivity index (χ0n) is 12.2. The molecule has 8 heteroatoms. The average Bonchev–Trinajstić information content (AvgIpc) is 2.66. The van der Waals surface area contributed by atoms with Crippen LogP contribution in [0.15, 0.2) is 54.6 Å². The van der Waals surface area contributed by atoms with Crippen LogP contribution in [0.5, 0.6) is 0 Å². The first-order valence-electron chi connectivity index (χ1n) is 6.42. The van der Waals surface area contributed by atoms with Gasteiger partial charge in [0.15, 0.2) is 0 Å². The Morgan fingerprint density at radius 1 is 0.826 bits per heavy atom. The SMILES string of the molecule is O=C(O[B-]1OC(=O)c2ccccc2C(=O)O1)c1ccccc1.[K+]. The first-order valence-corrected chi connectivity index (χ1v) is 6.42. The Morgan fingerprint density at radius 2 is 1.30 bits per heavy atom. The third kappa shape index (κ3) is 4.10. The Bertz CT molecular complexity index is 712. The average molecular weight is 335 g/mol. The molecule has 1 radical (unpaired) electrons. The van der Waals surface area contributed by atoms with Crippen molar-refractivity contribution in [2.75, 3.05) is 0 Å². The molecule has 0 spiro atoms. The van der Waals surface area contributed by atoms with Crippen LogP contribution in [0, 0.1) is 0 Å². The van der Waals surface area contributed by atoms with Gasteiger partial charge in [0.05, 0.1) is 16.7 Å². The van der Waals surface area contributed by atoms with Crippen molar-refractivity contribution in [3.63, 3.8) is 0 Å². The van der Waals surface area contributed by atoms with Crippen LogP contribution >= 0.6 is 0 Å². The van der Waals surface area contributed by atoms with E-state index in [0.29, 0.717) is 0 Å². The van der Waals surface area contributed by atoms with Gasteiger partial charge in [0.2, 0.25) is 0 Å². The Balaban J connectivity index is 0.00000192. The van der Waals surface area contributed by atoms with E-state index in [0.717, 1.165) is 0 Å². The minimum absolute atomic E-state index is 0. The molecule has 0 saturated carbocycles. The zero-order chi connectivity index (χ0) is 15.5. The summed E-state index contributed by atoms with van der Waals surface area (Å²) in [5.41, 5.74) is 0.368. The van der Waals surface area contributed by atoms with Crippen LogP contribution in [-0.4, -0.2) is 25.2 Å². The number of fused-ring (bicyclic) bond motifs is 1. The van der Waals surface area contributed by atoms with Gasteiger partial charge in [-0.25, -0.2) is 0 Å². The van der Waals surface area contributed by atoms with Crippen molar-refractivity contribution in [3.8, 4) is 0 Å². The van der Waals surface area contributed by atoms with Crippen molar-refractivity contribution in [2.24, 2.45) is 0 Å². The summed E-state index contributed by atoms with van der Waals surface area (Å²) >= 11 is 0. The van der Waals surface area contributed by atoms with Gasteiger partial charge < -0.3 is 14.0 Å². The molecule has 2 aromatic carbocycles. The molecule has 0 aromatic heterocycles. The Labute approximate surface area is 174 Å². The predicted octanol–water partition coefficient (Wildman–Crippen LogP) is -1.14. The second kappa shape index (κ2) is 7.89. The van der Waals surface area contributed by atoms with Crippen LogP contribution in [0.4, 0.5) is 0 Å². The molecule has 2 aromatic rings. The molecule has 0 fully saturated rings. The second-order valence-corrected chi connectivity index (χ2v) is 4.42. The van der Waals surface area contributed by atoms with Gasteiger partial charge >= 0.3 is 58.7 Å². The summed E-state index contributed by atoms with van der Waals surface area (Å²) < 4.78 is 14.7. The van der Waals surface area contributed by atoms with E-state index in [2.05, 4.69) is 0 Å². The van der Waals surface area contributed by atoms with E-state index < -0.39 is 25.2 Å². The molecular weight excluding hydrogens is 326 g/mol. The molecule has 0 atom stereocenters. The fraction of sp³-hybridized carbons (Fsp3) is 0. The van der Waals surface area contributed by atoms with Crippen molar-refractivity contribution in [3.05, 3.63) is 71.3 Å². The largest absolute Gasteiger partial charge is 1.00 e. The number of carbonyl (C=O) groups is 3. The third-order valence-electron chi connectivity index (χ3n) is 2.99. The molecule has 0 unspecified atom stereocenters. The number of carbonyl (C=O) groups excluding carboxylic acids is 3. The Hall–Kier alpha value is -1.45. The monoisotopic (exact) mass is 335 g/mol. The minimum atomic E-state index is -1.72. The van der Waals surface area contributed by atoms with Gasteiger partial charge in [0.25, 0.3) is 17.9 Å². The third-order valence-corrected chi connectivity index (χ3v) is 2.99.